The molecule has 0 saturated carbocycles. The van der Waals surface area contributed by atoms with E-state index in [0.29, 0.717) is 12.0 Å². The zero-order valence-electron chi connectivity index (χ0n) is 12.3. The normalized spacial score (nSPS) is 25.2. The molecule has 2 unspecified atom stereocenters. The second kappa shape index (κ2) is 6.38. The van der Waals surface area contributed by atoms with Gasteiger partial charge in [-0.25, -0.2) is 0 Å². The first-order valence-electron chi connectivity index (χ1n) is 7.72. The molecule has 1 heterocycles. The summed E-state index contributed by atoms with van der Waals surface area (Å²) < 4.78 is 0. The van der Waals surface area contributed by atoms with E-state index in [1.165, 1.54) is 17.6 Å². The Kier molecular flexibility index (Phi) is 4.34. The van der Waals surface area contributed by atoms with Crippen LogP contribution in [0.5, 0.6) is 0 Å². The third-order valence-electron chi connectivity index (χ3n) is 4.24. The van der Waals surface area contributed by atoms with Crippen LogP contribution in [0.3, 0.4) is 0 Å². The predicted octanol–water partition coefficient (Wildman–Crippen LogP) is 3.16. The van der Waals surface area contributed by atoms with Crippen LogP contribution in [0.4, 0.5) is 0 Å². The number of rotatable bonds is 3. The quantitative estimate of drug-likeness (QED) is 0.906. The van der Waals surface area contributed by atoms with E-state index < -0.39 is 0 Å². The van der Waals surface area contributed by atoms with Crippen LogP contribution in [0.1, 0.15) is 24.9 Å². The molecule has 1 aliphatic heterocycles. The topological polar surface area (TPSA) is 15.3 Å². The molecule has 2 atom stereocenters. The molecule has 2 heteroatoms. The molecular weight excluding hydrogens is 244 g/mol. The summed E-state index contributed by atoms with van der Waals surface area (Å²) in [6.45, 7) is 6.74. The van der Waals surface area contributed by atoms with Crippen molar-refractivity contribution in [2.45, 2.75) is 19.4 Å². The molecule has 0 radical (unpaired) electrons. The van der Waals surface area contributed by atoms with Crippen molar-refractivity contribution >= 4 is 0 Å². The maximum absolute atomic E-state index is 3.45. The maximum Gasteiger partial charge on any atom is 0.0599 e. The molecule has 2 nitrogen and oxygen atoms in total. The van der Waals surface area contributed by atoms with Gasteiger partial charge in [-0.15, -0.1) is 0 Å². The number of benzene rings is 1. The molecule has 3 rings (SSSR count). The maximum atomic E-state index is 3.45. The molecular formula is C18H24N2. The highest BCUT2D eigenvalue weighted by Gasteiger charge is 2.25. The molecule has 0 amide bonds. The van der Waals surface area contributed by atoms with Gasteiger partial charge in [0.1, 0.15) is 0 Å². The zero-order valence-corrected chi connectivity index (χ0v) is 12.3. The summed E-state index contributed by atoms with van der Waals surface area (Å²) in [6, 6.07) is 11.4. The van der Waals surface area contributed by atoms with Gasteiger partial charge in [-0.3, -0.25) is 4.90 Å². The van der Waals surface area contributed by atoms with Crippen LogP contribution in [0.2, 0.25) is 0 Å². The van der Waals surface area contributed by atoms with Crippen LogP contribution in [0.15, 0.2) is 54.1 Å². The minimum Gasteiger partial charge on any atom is -0.314 e. The summed E-state index contributed by atoms with van der Waals surface area (Å²) >= 11 is 0. The van der Waals surface area contributed by atoms with Gasteiger partial charge in [0, 0.05) is 26.2 Å². The van der Waals surface area contributed by atoms with Crippen molar-refractivity contribution < 1.29 is 0 Å². The van der Waals surface area contributed by atoms with Gasteiger partial charge in [-0.2, -0.15) is 0 Å². The van der Waals surface area contributed by atoms with E-state index in [2.05, 4.69) is 65.7 Å². The van der Waals surface area contributed by atoms with E-state index >= 15 is 0 Å². The van der Waals surface area contributed by atoms with Gasteiger partial charge in [0.25, 0.3) is 0 Å². The molecule has 20 heavy (non-hydrogen) atoms. The first-order valence-corrected chi connectivity index (χ1v) is 7.72. The highest BCUT2D eigenvalue weighted by atomic mass is 15.2. The first-order chi connectivity index (χ1) is 9.84. The minimum atomic E-state index is 0.414. The Labute approximate surface area is 122 Å². The predicted molar refractivity (Wildman–Crippen MR) is 84.6 cm³/mol. The van der Waals surface area contributed by atoms with Crippen molar-refractivity contribution in [3.8, 4) is 0 Å². The number of piperazine rings is 1. The Morgan fingerprint density at radius 3 is 2.60 bits per heavy atom. The Bertz CT molecular complexity index is 483. The highest BCUT2D eigenvalue weighted by Crippen LogP contribution is 2.33. The van der Waals surface area contributed by atoms with Gasteiger partial charge in [-0.1, -0.05) is 55.5 Å². The van der Waals surface area contributed by atoms with Gasteiger partial charge in [0.2, 0.25) is 0 Å². The molecule has 1 saturated heterocycles. The summed E-state index contributed by atoms with van der Waals surface area (Å²) in [5.74, 6) is 0.657. The fourth-order valence-corrected chi connectivity index (χ4v) is 3.24. The standard InChI is InChI=1S/C18H24N2/c1-15-6-5-9-17(14-15)18(16-7-3-2-4-8-16)20-12-10-19-11-13-20/h2-5,7-9,14-15,18-19H,6,10-13H2,1H3. The van der Waals surface area contributed by atoms with E-state index in [1.54, 1.807) is 0 Å². The van der Waals surface area contributed by atoms with Crippen LogP contribution in [-0.4, -0.2) is 31.1 Å². The smallest absolute Gasteiger partial charge is 0.0599 e. The van der Waals surface area contributed by atoms with Gasteiger partial charge in [0.05, 0.1) is 6.04 Å². The van der Waals surface area contributed by atoms with Crippen molar-refractivity contribution in [2.24, 2.45) is 5.92 Å². The van der Waals surface area contributed by atoms with Crippen LogP contribution < -0.4 is 5.32 Å². The van der Waals surface area contributed by atoms with Crippen molar-refractivity contribution in [2.75, 3.05) is 26.2 Å². The van der Waals surface area contributed by atoms with Gasteiger partial charge in [-0.05, 0) is 23.5 Å². The number of hydrogen-bond donors (Lipinski definition) is 1. The summed E-state index contributed by atoms with van der Waals surface area (Å²) in [4.78, 5) is 2.61. The molecule has 0 aromatic heterocycles. The van der Waals surface area contributed by atoms with Gasteiger partial charge in [0.15, 0.2) is 0 Å². The Morgan fingerprint density at radius 1 is 1.15 bits per heavy atom. The molecule has 1 fully saturated rings. The Hall–Kier alpha value is -1.38. The number of allylic oxidation sites excluding steroid dienone is 2. The van der Waals surface area contributed by atoms with Gasteiger partial charge >= 0.3 is 0 Å². The summed E-state index contributed by atoms with van der Waals surface area (Å²) in [7, 11) is 0. The molecule has 106 valence electrons. The van der Waals surface area contributed by atoms with E-state index in [4.69, 9.17) is 0 Å². The molecule has 1 aromatic carbocycles. The lowest BCUT2D eigenvalue weighted by Gasteiger charge is -2.37. The molecule has 0 spiro atoms. The average molecular weight is 268 g/mol. The molecule has 2 aliphatic rings. The monoisotopic (exact) mass is 268 g/mol. The average Bonchev–Trinajstić information content (AvgIpc) is 2.50. The van der Waals surface area contributed by atoms with Crippen LogP contribution in [0.25, 0.3) is 0 Å². The van der Waals surface area contributed by atoms with Crippen molar-refractivity contribution in [1.29, 1.82) is 0 Å². The van der Waals surface area contributed by atoms with Crippen molar-refractivity contribution in [3.63, 3.8) is 0 Å². The Morgan fingerprint density at radius 2 is 1.90 bits per heavy atom. The highest BCUT2D eigenvalue weighted by molar-refractivity contribution is 5.36. The number of nitrogens with one attached hydrogen (secondary N) is 1. The lowest BCUT2D eigenvalue weighted by atomic mass is 9.89. The van der Waals surface area contributed by atoms with Crippen LogP contribution >= 0.6 is 0 Å². The van der Waals surface area contributed by atoms with E-state index in [1.807, 2.05) is 0 Å². The molecule has 1 aromatic rings. The fraction of sp³-hybridized carbons (Fsp3) is 0.444. The zero-order chi connectivity index (χ0) is 13.8. The second-order valence-electron chi connectivity index (χ2n) is 5.88. The SMILES string of the molecule is CC1C=C(C(c2ccccc2)N2CCNCC2)C=CC1. The third kappa shape index (κ3) is 3.02. The third-order valence-corrected chi connectivity index (χ3v) is 4.24. The Balaban J connectivity index is 1.92. The lowest BCUT2D eigenvalue weighted by Crippen LogP contribution is -2.45. The minimum absolute atomic E-state index is 0.414. The molecule has 1 N–H and O–H groups in total. The van der Waals surface area contributed by atoms with E-state index in [-0.39, 0.29) is 0 Å². The van der Waals surface area contributed by atoms with E-state index in [0.717, 1.165) is 26.2 Å². The van der Waals surface area contributed by atoms with Crippen LogP contribution in [-0.2, 0) is 0 Å². The second-order valence-corrected chi connectivity index (χ2v) is 5.88. The van der Waals surface area contributed by atoms with Gasteiger partial charge < -0.3 is 5.32 Å². The summed E-state index contributed by atoms with van der Waals surface area (Å²) in [5, 5.41) is 3.45. The van der Waals surface area contributed by atoms with E-state index in [9.17, 15) is 0 Å². The largest absolute Gasteiger partial charge is 0.314 e. The fourth-order valence-electron chi connectivity index (χ4n) is 3.24. The summed E-state index contributed by atoms with van der Waals surface area (Å²) in [5.41, 5.74) is 2.89. The van der Waals surface area contributed by atoms with Crippen molar-refractivity contribution in [3.05, 3.63) is 59.7 Å². The lowest BCUT2D eigenvalue weighted by molar-refractivity contribution is 0.197. The first kappa shape index (κ1) is 13.6. The number of nitrogens with zero attached hydrogens (tertiary/aromatic N) is 1. The molecule has 0 bridgehead atoms. The van der Waals surface area contributed by atoms with Crippen LogP contribution in [0, 0.1) is 5.92 Å². The number of hydrogen-bond acceptors (Lipinski definition) is 2. The summed E-state index contributed by atoms with van der Waals surface area (Å²) in [6.07, 6.45) is 8.30. The molecule has 1 aliphatic carbocycles. The van der Waals surface area contributed by atoms with Crippen molar-refractivity contribution in [1.82, 2.24) is 10.2 Å².